The molecule has 0 aliphatic carbocycles. The molecular formula is C13H17Cl2NO. The number of rotatable bonds is 3. The lowest BCUT2D eigenvalue weighted by molar-refractivity contribution is 0.0342. The molecule has 0 spiro atoms. The van der Waals surface area contributed by atoms with Crippen LogP contribution in [-0.4, -0.2) is 26.3 Å². The molecule has 1 aromatic rings. The highest BCUT2D eigenvalue weighted by Crippen LogP contribution is 2.26. The quantitative estimate of drug-likeness (QED) is 0.914. The van der Waals surface area contributed by atoms with Gasteiger partial charge in [0.1, 0.15) is 0 Å². The van der Waals surface area contributed by atoms with Gasteiger partial charge in [0.05, 0.1) is 6.61 Å². The maximum absolute atomic E-state index is 6.19. The minimum Gasteiger partial charge on any atom is -0.381 e. The second kappa shape index (κ2) is 6.05. The summed E-state index contributed by atoms with van der Waals surface area (Å²) in [5, 5.41) is 4.88. The van der Waals surface area contributed by atoms with Crippen LogP contribution in [0.5, 0.6) is 0 Å². The van der Waals surface area contributed by atoms with E-state index in [1.54, 1.807) is 0 Å². The van der Waals surface area contributed by atoms with E-state index >= 15 is 0 Å². The summed E-state index contributed by atoms with van der Waals surface area (Å²) in [7, 11) is 2.00. The first-order valence-corrected chi connectivity index (χ1v) is 6.65. The van der Waals surface area contributed by atoms with Crippen molar-refractivity contribution in [3.05, 3.63) is 33.8 Å². The second-order valence-electron chi connectivity index (χ2n) is 4.46. The highest BCUT2D eigenvalue weighted by molar-refractivity contribution is 6.33. The van der Waals surface area contributed by atoms with Gasteiger partial charge in [0.2, 0.25) is 0 Å². The first-order valence-electron chi connectivity index (χ1n) is 5.89. The van der Waals surface area contributed by atoms with Gasteiger partial charge >= 0.3 is 0 Å². The van der Waals surface area contributed by atoms with Crippen molar-refractivity contribution in [2.75, 3.05) is 20.3 Å². The van der Waals surface area contributed by atoms with E-state index in [0.717, 1.165) is 41.7 Å². The van der Waals surface area contributed by atoms with Gasteiger partial charge in [0.15, 0.2) is 0 Å². The zero-order valence-electron chi connectivity index (χ0n) is 9.88. The summed E-state index contributed by atoms with van der Waals surface area (Å²) in [5.74, 6) is 0.463. The maximum atomic E-state index is 6.19. The highest BCUT2D eigenvalue weighted by atomic mass is 35.5. The van der Waals surface area contributed by atoms with Gasteiger partial charge in [0, 0.05) is 28.6 Å². The Morgan fingerprint density at radius 2 is 2.24 bits per heavy atom. The van der Waals surface area contributed by atoms with Gasteiger partial charge in [-0.3, -0.25) is 0 Å². The van der Waals surface area contributed by atoms with Crippen molar-refractivity contribution in [2.24, 2.45) is 5.92 Å². The van der Waals surface area contributed by atoms with E-state index in [9.17, 15) is 0 Å². The predicted molar refractivity (Wildman–Crippen MR) is 71.9 cm³/mol. The van der Waals surface area contributed by atoms with E-state index < -0.39 is 0 Å². The van der Waals surface area contributed by atoms with Crippen LogP contribution < -0.4 is 5.32 Å². The zero-order valence-corrected chi connectivity index (χ0v) is 11.4. The van der Waals surface area contributed by atoms with E-state index in [2.05, 4.69) is 5.32 Å². The summed E-state index contributed by atoms with van der Waals surface area (Å²) >= 11 is 12.2. The summed E-state index contributed by atoms with van der Waals surface area (Å²) in [6, 6.07) is 6.13. The molecule has 1 aliphatic heterocycles. The molecule has 1 fully saturated rings. The van der Waals surface area contributed by atoms with Crippen LogP contribution in [0.15, 0.2) is 18.2 Å². The van der Waals surface area contributed by atoms with Crippen LogP contribution in [0.25, 0.3) is 0 Å². The third kappa shape index (κ3) is 3.35. The van der Waals surface area contributed by atoms with Crippen LogP contribution in [0.4, 0.5) is 0 Å². The van der Waals surface area contributed by atoms with Gasteiger partial charge in [-0.15, -0.1) is 0 Å². The smallest absolute Gasteiger partial charge is 0.0512 e. The number of benzene rings is 1. The summed E-state index contributed by atoms with van der Waals surface area (Å²) in [5.41, 5.74) is 1.11. The molecule has 2 atom stereocenters. The van der Waals surface area contributed by atoms with Gasteiger partial charge in [-0.1, -0.05) is 23.2 Å². The van der Waals surface area contributed by atoms with E-state index in [0.29, 0.717) is 12.0 Å². The Morgan fingerprint density at radius 1 is 1.41 bits per heavy atom. The van der Waals surface area contributed by atoms with E-state index in [4.69, 9.17) is 27.9 Å². The minimum absolute atomic E-state index is 0.463. The fourth-order valence-corrected chi connectivity index (χ4v) is 2.75. The monoisotopic (exact) mass is 273 g/mol. The molecule has 1 aromatic carbocycles. The lowest BCUT2D eigenvalue weighted by Gasteiger charge is -2.31. The molecule has 2 nitrogen and oxygen atoms in total. The lowest BCUT2D eigenvalue weighted by atomic mass is 9.89. The number of ether oxygens (including phenoxy) is 1. The molecule has 1 aliphatic rings. The molecule has 2 rings (SSSR count). The van der Waals surface area contributed by atoms with Crippen molar-refractivity contribution >= 4 is 23.2 Å². The molecule has 1 saturated heterocycles. The molecular weight excluding hydrogens is 257 g/mol. The number of halogens is 2. The van der Waals surface area contributed by atoms with Gasteiger partial charge < -0.3 is 10.1 Å². The van der Waals surface area contributed by atoms with Crippen molar-refractivity contribution in [1.82, 2.24) is 5.32 Å². The summed E-state index contributed by atoms with van der Waals surface area (Å²) in [6.07, 6.45) is 1.96. The SMILES string of the molecule is CN[C@H]1CCOC[C@@H]1Cc1cc(Cl)ccc1Cl. The number of hydrogen-bond donors (Lipinski definition) is 1. The molecule has 0 unspecified atom stereocenters. The van der Waals surface area contributed by atoms with Crippen molar-refractivity contribution in [2.45, 2.75) is 18.9 Å². The largest absolute Gasteiger partial charge is 0.381 e. The van der Waals surface area contributed by atoms with Gasteiger partial charge in [-0.25, -0.2) is 0 Å². The van der Waals surface area contributed by atoms with E-state index in [1.165, 1.54) is 0 Å². The molecule has 0 amide bonds. The number of hydrogen-bond acceptors (Lipinski definition) is 2. The van der Waals surface area contributed by atoms with Crippen LogP contribution in [0, 0.1) is 5.92 Å². The standard InChI is InChI=1S/C13H17Cl2NO/c1-16-13-4-5-17-8-10(13)6-9-7-11(14)2-3-12(9)15/h2-3,7,10,13,16H,4-6,8H2,1H3/t10-,13-/m0/s1. The van der Waals surface area contributed by atoms with Crippen LogP contribution in [0.2, 0.25) is 10.0 Å². The average molecular weight is 274 g/mol. The molecule has 4 heteroatoms. The van der Waals surface area contributed by atoms with E-state index in [-0.39, 0.29) is 0 Å². The normalized spacial score (nSPS) is 24.9. The predicted octanol–water partition coefficient (Wildman–Crippen LogP) is 3.16. The fourth-order valence-electron chi connectivity index (χ4n) is 2.36. The number of nitrogens with one attached hydrogen (secondary N) is 1. The lowest BCUT2D eigenvalue weighted by Crippen LogP contribution is -2.41. The minimum atomic E-state index is 0.463. The second-order valence-corrected chi connectivity index (χ2v) is 5.30. The first kappa shape index (κ1) is 13.2. The van der Waals surface area contributed by atoms with Crippen LogP contribution in [-0.2, 0) is 11.2 Å². The average Bonchev–Trinajstić information content (AvgIpc) is 2.34. The Morgan fingerprint density at radius 3 is 3.00 bits per heavy atom. The molecule has 94 valence electrons. The Bertz CT molecular complexity index is 384. The molecule has 1 N–H and O–H groups in total. The Kier molecular flexibility index (Phi) is 4.69. The van der Waals surface area contributed by atoms with Crippen molar-refractivity contribution in [3.63, 3.8) is 0 Å². The van der Waals surface area contributed by atoms with Gasteiger partial charge in [0.25, 0.3) is 0 Å². The molecule has 0 radical (unpaired) electrons. The van der Waals surface area contributed by atoms with Crippen LogP contribution >= 0.6 is 23.2 Å². The summed E-state index contributed by atoms with van der Waals surface area (Å²) in [4.78, 5) is 0. The van der Waals surface area contributed by atoms with Crippen molar-refractivity contribution in [1.29, 1.82) is 0 Å². The molecule has 1 heterocycles. The molecule has 0 saturated carbocycles. The Balaban J connectivity index is 2.10. The summed E-state index contributed by atoms with van der Waals surface area (Å²) < 4.78 is 5.54. The van der Waals surface area contributed by atoms with Crippen molar-refractivity contribution < 1.29 is 4.74 Å². The Hall–Kier alpha value is -0.280. The Labute approximate surface area is 112 Å². The van der Waals surface area contributed by atoms with Gasteiger partial charge in [-0.05, 0) is 43.7 Å². The fraction of sp³-hybridized carbons (Fsp3) is 0.538. The van der Waals surface area contributed by atoms with Crippen molar-refractivity contribution in [3.8, 4) is 0 Å². The first-order chi connectivity index (χ1) is 8.20. The summed E-state index contributed by atoms with van der Waals surface area (Å²) in [6.45, 7) is 1.62. The molecule has 0 aromatic heterocycles. The third-order valence-corrected chi connectivity index (χ3v) is 3.94. The highest BCUT2D eigenvalue weighted by Gasteiger charge is 2.25. The molecule has 0 bridgehead atoms. The van der Waals surface area contributed by atoms with Crippen LogP contribution in [0.3, 0.4) is 0 Å². The molecule has 17 heavy (non-hydrogen) atoms. The maximum Gasteiger partial charge on any atom is 0.0512 e. The zero-order chi connectivity index (χ0) is 12.3. The van der Waals surface area contributed by atoms with Crippen LogP contribution in [0.1, 0.15) is 12.0 Å². The van der Waals surface area contributed by atoms with E-state index in [1.807, 2.05) is 25.2 Å². The third-order valence-electron chi connectivity index (χ3n) is 3.33. The van der Waals surface area contributed by atoms with Gasteiger partial charge in [-0.2, -0.15) is 0 Å². The topological polar surface area (TPSA) is 21.3 Å².